The Kier molecular flexibility index (Phi) is 3.07. The van der Waals surface area contributed by atoms with Crippen LogP contribution < -0.4 is 5.32 Å². The van der Waals surface area contributed by atoms with E-state index in [-0.39, 0.29) is 5.60 Å². The van der Waals surface area contributed by atoms with Crippen LogP contribution in [-0.4, -0.2) is 28.4 Å². The number of hydrogen-bond donors (Lipinski definition) is 2. The number of H-pyrrole nitrogens is 1. The summed E-state index contributed by atoms with van der Waals surface area (Å²) < 4.78 is 5.67. The van der Waals surface area contributed by atoms with Gasteiger partial charge in [-0.3, -0.25) is 5.10 Å². The Bertz CT molecular complexity index is 295. The second-order valence-electron chi connectivity index (χ2n) is 4.79. The Morgan fingerprint density at radius 3 is 3.20 bits per heavy atom. The summed E-state index contributed by atoms with van der Waals surface area (Å²) >= 11 is 0. The zero-order valence-electron chi connectivity index (χ0n) is 9.42. The molecule has 2 N–H and O–H groups in total. The van der Waals surface area contributed by atoms with Crippen LogP contribution in [0.4, 0.5) is 0 Å². The quantitative estimate of drug-likeness (QED) is 0.792. The van der Waals surface area contributed by atoms with Crippen molar-refractivity contribution in [3.05, 3.63) is 18.0 Å². The van der Waals surface area contributed by atoms with Crippen LogP contribution in [0.5, 0.6) is 0 Å². The molecule has 1 fully saturated rings. The lowest BCUT2D eigenvalue weighted by Crippen LogP contribution is -2.43. The van der Waals surface area contributed by atoms with Crippen molar-refractivity contribution in [1.29, 1.82) is 0 Å². The molecule has 1 aromatic heterocycles. The van der Waals surface area contributed by atoms with Crippen molar-refractivity contribution in [3.63, 3.8) is 0 Å². The summed E-state index contributed by atoms with van der Waals surface area (Å²) in [6.45, 7) is 6.05. The second kappa shape index (κ2) is 4.33. The number of nitrogens with zero attached hydrogens (tertiary/aromatic N) is 1. The molecule has 2 rings (SSSR count). The Morgan fingerprint density at radius 1 is 1.67 bits per heavy atom. The first-order valence-corrected chi connectivity index (χ1v) is 5.51. The number of nitrogens with one attached hydrogen (secondary N) is 2. The molecule has 0 radical (unpaired) electrons. The Hall–Kier alpha value is -0.870. The summed E-state index contributed by atoms with van der Waals surface area (Å²) in [5, 5.41) is 10.3. The van der Waals surface area contributed by atoms with Gasteiger partial charge in [-0.05, 0) is 26.7 Å². The normalized spacial score (nSPS) is 25.3. The predicted octanol–water partition coefficient (Wildman–Crippen LogP) is 1.46. The van der Waals surface area contributed by atoms with E-state index < -0.39 is 0 Å². The highest BCUT2D eigenvalue weighted by atomic mass is 16.5. The fraction of sp³-hybridized carbons (Fsp3) is 0.727. The lowest BCUT2D eigenvalue weighted by atomic mass is 9.94. The van der Waals surface area contributed by atoms with Crippen molar-refractivity contribution in [2.75, 3.05) is 6.61 Å². The van der Waals surface area contributed by atoms with E-state index in [0.717, 1.165) is 26.0 Å². The largest absolute Gasteiger partial charge is 0.375 e. The SMILES string of the molecule is CC1(C)CC(NCc2cn[nH]c2)CCO1. The zero-order chi connectivity index (χ0) is 10.7. The highest BCUT2D eigenvalue weighted by Crippen LogP contribution is 2.23. The van der Waals surface area contributed by atoms with Crippen molar-refractivity contribution in [2.24, 2.45) is 0 Å². The first kappa shape index (κ1) is 10.6. The molecule has 15 heavy (non-hydrogen) atoms. The van der Waals surface area contributed by atoms with Gasteiger partial charge in [-0.15, -0.1) is 0 Å². The van der Waals surface area contributed by atoms with Crippen LogP contribution in [0.25, 0.3) is 0 Å². The molecule has 4 heteroatoms. The number of aromatic nitrogens is 2. The topological polar surface area (TPSA) is 49.9 Å². The highest BCUT2D eigenvalue weighted by molar-refractivity contribution is 5.02. The van der Waals surface area contributed by atoms with Crippen LogP contribution in [0.2, 0.25) is 0 Å². The monoisotopic (exact) mass is 209 g/mol. The van der Waals surface area contributed by atoms with Crippen LogP contribution in [0, 0.1) is 0 Å². The maximum Gasteiger partial charge on any atom is 0.0641 e. The molecule has 1 aromatic rings. The van der Waals surface area contributed by atoms with E-state index in [2.05, 4.69) is 29.4 Å². The molecule has 1 unspecified atom stereocenters. The van der Waals surface area contributed by atoms with Gasteiger partial charge in [-0.1, -0.05) is 0 Å². The van der Waals surface area contributed by atoms with E-state index in [1.807, 2.05) is 12.4 Å². The third kappa shape index (κ3) is 3.04. The Morgan fingerprint density at radius 2 is 2.53 bits per heavy atom. The molecule has 1 aliphatic heterocycles. The van der Waals surface area contributed by atoms with Gasteiger partial charge in [-0.25, -0.2) is 0 Å². The minimum Gasteiger partial charge on any atom is -0.375 e. The van der Waals surface area contributed by atoms with Crippen molar-refractivity contribution < 1.29 is 4.74 Å². The number of hydrogen-bond acceptors (Lipinski definition) is 3. The average molecular weight is 209 g/mol. The van der Waals surface area contributed by atoms with Crippen LogP contribution in [0.15, 0.2) is 12.4 Å². The summed E-state index contributed by atoms with van der Waals surface area (Å²) in [5.41, 5.74) is 1.23. The molecule has 84 valence electrons. The maximum absolute atomic E-state index is 5.67. The molecule has 0 amide bonds. The fourth-order valence-corrected chi connectivity index (χ4v) is 2.04. The molecule has 0 bridgehead atoms. The van der Waals surface area contributed by atoms with Gasteiger partial charge in [0.25, 0.3) is 0 Å². The van der Waals surface area contributed by atoms with E-state index in [4.69, 9.17) is 4.74 Å². The van der Waals surface area contributed by atoms with E-state index in [9.17, 15) is 0 Å². The highest BCUT2D eigenvalue weighted by Gasteiger charge is 2.28. The lowest BCUT2D eigenvalue weighted by Gasteiger charge is -2.35. The van der Waals surface area contributed by atoms with Crippen molar-refractivity contribution in [1.82, 2.24) is 15.5 Å². The van der Waals surface area contributed by atoms with Gasteiger partial charge in [0.1, 0.15) is 0 Å². The van der Waals surface area contributed by atoms with Crippen LogP contribution in [0.3, 0.4) is 0 Å². The van der Waals surface area contributed by atoms with Gasteiger partial charge in [0.15, 0.2) is 0 Å². The number of ether oxygens (including phenoxy) is 1. The van der Waals surface area contributed by atoms with Crippen molar-refractivity contribution in [3.8, 4) is 0 Å². The van der Waals surface area contributed by atoms with E-state index in [0.29, 0.717) is 6.04 Å². The molecular formula is C11H19N3O. The molecular weight excluding hydrogens is 190 g/mol. The predicted molar refractivity (Wildman–Crippen MR) is 58.5 cm³/mol. The van der Waals surface area contributed by atoms with E-state index in [1.165, 1.54) is 5.56 Å². The van der Waals surface area contributed by atoms with Gasteiger partial charge in [0, 0.05) is 31.0 Å². The maximum atomic E-state index is 5.67. The number of aromatic amines is 1. The third-order valence-corrected chi connectivity index (χ3v) is 2.85. The smallest absolute Gasteiger partial charge is 0.0641 e. The first-order valence-electron chi connectivity index (χ1n) is 5.51. The Labute approximate surface area is 90.4 Å². The van der Waals surface area contributed by atoms with Gasteiger partial charge in [0.2, 0.25) is 0 Å². The molecule has 0 saturated carbocycles. The molecule has 1 aliphatic rings. The third-order valence-electron chi connectivity index (χ3n) is 2.85. The van der Waals surface area contributed by atoms with Gasteiger partial charge >= 0.3 is 0 Å². The van der Waals surface area contributed by atoms with Crippen molar-refractivity contribution >= 4 is 0 Å². The number of rotatable bonds is 3. The molecule has 1 atom stereocenters. The standard InChI is InChI=1S/C11H19N3O/c1-11(2)5-10(3-4-15-11)12-6-9-7-13-14-8-9/h7-8,10,12H,3-6H2,1-2H3,(H,13,14). The molecule has 1 saturated heterocycles. The summed E-state index contributed by atoms with van der Waals surface area (Å²) in [6.07, 6.45) is 5.96. The lowest BCUT2D eigenvalue weighted by molar-refractivity contribution is -0.0630. The van der Waals surface area contributed by atoms with E-state index in [1.54, 1.807) is 0 Å². The van der Waals surface area contributed by atoms with Crippen LogP contribution >= 0.6 is 0 Å². The molecule has 0 aromatic carbocycles. The summed E-state index contributed by atoms with van der Waals surface area (Å²) in [7, 11) is 0. The fourth-order valence-electron chi connectivity index (χ4n) is 2.04. The first-order chi connectivity index (χ1) is 7.16. The molecule has 2 heterocycles. The van der Waals surface area contributed by atoms with Gasteiger partial charge in [-0.2, -0.15) is 5.10 Å². The van der Waals surface area contributed by atoms with E-state index >= 15 is 0 Å². The van der Waals surface area contributed by atoms with Gasteiger partial charge in [0.05, 0.1) is 11.8 Å². The average Bonchev–Trinajstić information content (AvgIpc) is 2.65. The minimum absolute atomic E-state index is 0.0202. The van der Waals surface area contributed by atoms with Crippen LogP contribution in [0.1, 0.15) is 32.3 Å². The second-order valence-corrected chi connectivity index (χ2v) is 4.79. The molecule has 0 aliphatic carbocycles. The Balaban J connectivity index is 1.80. The minimum atomic E-state index is 0.0202. The zero-order valence-corrected chi connectivity index (χ0v) is 9.42. The molecule has 0 spiro atoms. The summed E-state index contributed by atoms with van der Waals surface area (Å²) in [6, 6.07) is 0.559. The van der Waals surface area contributed by atoms with Crippen LogP contribution in [-0.2, 0) is 11.3 Å². The summed E-state index contributed by atoms with van der Waals surface area (Å²) in [5.74, 6) is 0. The summed E-state index contributed by atoms with van der Waals surface area (Å²) in [4.78, 5) is 0. The van der Waals surface area contributed by atoms with Crippen molar-refractivity contribution in [2.45, 2.75) is 44.9 Å². The molecule has 4 nitrogen and oxygen atoms in total. The van der Waals surface area contributed by atoms with Gasteiger partial charge < -0.3 is 10.1 Å².